The Bertz CT molecular complexity index is 1200. The number of Topliss-reactive ketones (excluding diaryl/α,β-unsaturated/α-hetero) is 1. The zero-order valence-corrected chi connectivity index (χ0v) is 16.7. The number of benzene rings is 2. The van der Waals surface area contributed by atoms with Crippen LogP contribution in [0.2, 0.25) is 0 Å². The Morgan fingerprint density at radius 3 is 2.33 bits per heavy atom. The Kier molecular flexibility index (Phi) is 6.11. The molecule has 0 bridgehead atoms. The van der Waals surface area contributed by atoms with Crippen LogP contribution in [-0.2, 0) is 4.79 Å². The van der Waals surface area contributed by atoms with E-state index in [0.29, 0.717) is 17.2 Å². The Morgan fingerprint density at radius 2 is 1.73 bits per heavy atom. The molecular weight excluding hydrogens is 384 g/mol. The van der Waals surface area contributed by atoms with Crippen molar-refractivity contribution in [2.45, 2.75) is 20.8 Å². The van der Waals surface area contributed by atoms with E-state index in [9.17, 15) is 14.7 Å². The van der Waals surface area contributed by atoms with E-state index in [-0.39, 0.29) is 22.9 Å². The van der Waals surface area contributed by atoms with Crippen molar-refractivity contribution >= 4 is 17.7 Å². The van der Waals surface area contributed by atoms with Gasteiger partial charge in [-0.1, -0.05) is 30.3 Å². The van der Waals surface area contributed by atoms with Crippen LogP contribution in [0.5, 0.6) is 0 Å². The Balaban J connectivity index is 1.80. The van der Waals surface area contributed by atoms with Gasteiger partial charge >= 0.3 is 5.69 Å². The minimum absolute atomic E-state index is 0.0917. The van der Waals surface area contributed by atoms with E-state index >= 15 is 0 Å². The van der Waals surface area contributed by atoms with E-state index in [0.717, 1.165) is 5.56 Å². The van der Waals surface area contributed by atoms with Crippen molar-refractivity contribution in [3.05, 3.63) is 87.9 Å². The van der Waals surface area contributed by atoms with Gasteiger partial charge in [-0.2, -0.15) is 19.6 Å². The lowest BCUT2D eigenvalue weighted by atomic mass is 10.2. The van der Waals surface area contributed by atoms with Crippen molar-refractivity contribution in [1.82, 2.24) is 14.5 Å². The summed E-state index contributed by atoms with van der Waals surface area (Å²) in [7, 11) is 0. The van der Waals surface area contributed by atoms with Gasteiger partial charge in [-0.05, 0) is 43.7 Å². The highest BCUT2D eigenvalue weighted by molar-refractivity contribution is 5.93. The SMILES string of the molecule is CC(=O)/C(N=Nc1ccc(/C=N/n2c(C)nn(-c3ccccc3)c2=O)cc1)=C(\C)O. The van der Waals surface area contributed by atoms with Crippen LogP contribution in [-0.4, -0.2) is 31.6 Å². The first-order chi connectivity index (χ1) is 14.4. The van der Waals surface area contributed by atoms with Crippen LogP contribution in [0.15, 0.2) is 86.2 Å². The summed E-state index contributed by atoms with van der Waals surface area (Å²) in [5, 5.41) is 25.7. The molecule has 1 N–H and O–H groups in total. The summed E-state index contributed by atoms with van der Waals surface area (Å²) in [5.74, 6) is -0.111. The second kappa shape index (κ2) is 8.91. The molecule has 0 aliphatic carbocycles. The molecule has 3 rings (SSSR count). The molecule has 0 amide bonds. The summed E-state index contributed by atoms with van der Waals surface area (Å²) in [5.41, 5.74) is 1.42. The number of para-hydroxylation sites is 1. The van der Waals surface area contributed by atoms with E-state index in [1.807, 2.05) is 18.2 Å². The van der Waals surface area contributed by atoms with Gasteiger partial charge in [0.15, 0.2) is 17.3 Å². The van der Waals surface area contributed by atoms with Crippen molar-refractivity contribution in [2.75, 3.05) is 0 Å². The van der Waals surface area contributed by atoms with Gasteiger partial charge in [0, 0.05) is 6.92 Å². The van der Waals surface area contributed by atoms with Gasteiger partial charge in [0.1, 0.15) is 5.76 Å². The van der Waals surface area contributed by atoms with Crippen LogP contribution in [0.3, 0.4) is 0 Å². The third-order valence-corrected chi connectivity index (χ3v) is 4.07. The van der Waals surface area contributed by atoms with Crippen LogP contribution in [0.1, 0.15) is 25.2 Å². The van der Waals surface area contributed by atoms with E-state index in [1.54, 1.807) is 43.3 Å². The molecule has 3 aromatic rings. The summed E-state index contributed by atoms with van der Waals surface area (Å²) in [4.78, 5) is 24.0. The lowest BCUT2D eigenvalue weighted by molar-refractivity contribution is -0.113. The second-order valence-corrected chi connectivity index (χ2v) is 6.42. The van der Waals surface area contributed by atoms with E-state index in [2.05, 4.69) is 20.4 Å². The number of aliphatic hydroxyl groups excluding tert-OH is 1. The third-order valence-electron chi connectivity index (χ3n) is 4.07. The molecule has 1 heterocycles. The highest BCUT2D eigenvalue weighted by Crippen LogP contribution is 2.16. The van der Waals surface area contributed by atoms with Crippen LogP contribution >= 0.6 is 0 Å². The van der Waals surface area contributed by atoms with Crippen LogP contribution in [0.25, 0.3) is 5.69 Å². The van der Waals surface area contributed by atoms with Gasteiger partial charge in [0.2, 0.25) is 0 Å². The molecule has 152 valence electrons. The van der Waals surface area contributed by atoms with Gasteiger partial charge in [-0.3, -0.25) is 4.79 Å². The molecule has 0 spiro atoms. The zero-order chi connectivity index (χ0) is 21.7. The molecule has 30 heavy (non-hydrogen) atoms. The normalized spacial score (nSPS) is 12.5. The lowest BCUT2D eigenvalue weighted by Crippen LogP contribution is -2.21. The number of hydrogen-bond acceptors (Lipinski definition) is 7. The summed E-state index contributed by atoms with van der Waals surface area (Å²) >= 11 is 0. The first-order valence-electron chi connectivity index (χ1n) is 9.08. The molecule has 0 fully saturated rings. The van der Waals surface area contributed by atoms with Crippen LogP contribution < -0.4 is 5.69 Å². The number of allylic oxidation sites excluding steroid dienone is 2. The topological polar surface area (TPSA) is 114 Å². The van der Waals surface area contributed by atoms with Gasteiger partial charge in [0.05, 0.1) is 17.6 Å². The molecule has 0 atom stereocenters. The molecule has 9 nitrogen and oxygen atoms in total. The maximum Gasteiger partial charge on any atom is 0.371 e. The van der Waals surface area contributed by atoms with Crippen molar-refractivity contribution in [3.63, 3.8) is 0 Å². The summed E-state index contributed by atoms with van der Waals surface area (Å²) < 4.78 is 2.51. The van der Waals surface area contributed by atoms with Crippen molar-refractivity contribution in [2.24, 2.45) is 15.3 Å². The highest BCUT2D eigenvalue weighted by Gasteiger charge is 2.10. The smallest absolute Gasteiger partial charge is 0.371 e. The van der Waals surface area contributed by atoms with Crippen molar-refractivity contribution in [1.29, 1.82) is 0 Å². The van der Waals surface area contributed by atoms with E-state index in [4.69, 9.17) is 0 Å². The van der Waals surface area contributed by atoms with Crippen LogP contribution in [0.4, 0.5) is 5.69 Å². The predicted octanol–water partition coefficient (Wildman–Crippen LogP) is 3.69. The highest BCUT2D eigenvalue weighted by atomic mass is 16.3. The fourth-order valence-electron chi connectivity index (χ4n) is 2.59. The third kappa shape index (κ3) is 4.64. The Hall–Kier alpha value is -4.14. The molecule has 0 radical (unpaired) electrons. The molecular formula is C21H20N6O3. The molecule has 0 unspecified atom stereocenters. The maximum absolute atomic E-state index is 12.6. The summed E-state index contributed by atoms with van der Waals surface area (Å²) in [6, 6.07) is 15.9. The number of aliphatic hydroxyl groups is 1. The summed E-state index contributed by atoms with van der Waals surface area (Å²) in [6.45, 7) is 4.38. The number of nitrogens with zero attached hydrogens (tertiary/aromatic N) is 6. The molecule has 0 aliphatic rings. The van der Waals surface area contributed by atoms with E-state index in [1.165, 1.54) is 29.4 Å². The molecule has 1 aromatic heterocycles. The van der Waals surface area contributed by atoms with Gasteiger partial charge in [0.25, 0.3) is 0 Å². The van der Waals surface area contributed by atoms with Gasteiger partial charge in [-0.15, -0.1) is 10.2 Å². The number of aromatic nitrogens is 3. The number of ketones is 1. The molecule has 0 aliphatic heterocycles. The number of carbonyl (C=O) groups excluding carboxylic acids is 1. The number of carbonyl (C=O) groups is 1. The summed E-state index contributed by atoms with van der Waals surface area (Å²) in [6.07, 6.45) is 1.53. The fraction of sp³-hybridized carbons (Fsp3) is 0.143. The average Bonchev–Trinajstić information content (AvgIpc) is 3.01. The maximum atomic E-state index is 12.6. The quantitative estimate of drug-likeness (QED) is 0.292. The average molecular weight is 404 g/mol. The minimum atomic E-state index is -0.376. The minimum Gasteiger partial charge on any atom is -0.510 e. The predicted molar refractivity (Wildman–Crippen MR) is 113 cm³/mol. The van der Waals surface area contributed by atoms with Gasteiger partial charge < -0.3 is 5.11 Å². The molecule has 0 saturated carbocycles. The van der Waals surface area contributed by atoms with Crippen LogP contribution in [0, 0.1) is 6.92 Å². The first-order valence-corrected chi connectivity index (χ1v) is 9.08. The second-order valence-electron chi connectivity index (χ2n) is 6.42. The lowest BCUT2D eigenvalue weighted by Gasteiger charge is -1.98. The Morgan fingerprint density at radius 1 is 1.07 bits per heavy atom. The van der Waals surface area contributed by atoms with Gasteiger partial charge in [-0.25, -0.2) is 4.79 Å². The Labute approximate surface area is 172 Å². The number of rotatable bonds is 6. The van der Waals surface area contributed by atoms with Crippen molar-refractivity contribution < 1.29 is 9.90 Å². The fourth-order valence-corrected chi connectivity index (χ4v) is 2.59. The number of hydrogen-bond donors (Lipinski definition) is 1. The standard InChI is InChI=1S/C21H20N6O3/c1-14(28)20(15(2)29)24-23-18-11-9-17(10-12-18)13-22-26-16(3)25-27(21(26)30)19-7-5-4-6-8-19/h4-13,28H,1-3H3/b20-14-,22-13+,24-23?. The van der Waals surface area contributed by atoms with Crippen molar-refractivity contribution in [3.8, 4) is 5.69 Å². The zero-order valence-electron chi connectivity index (χ0n) is 16.7. The molecule has 2 aromatic carbocycles. The largest absolute Gasteiger partial charge is 0.510 e. The first kappa shape index (κ1) is 20.6. The monoisotopic (exact) mass is 404 g/mol. The number of aryl methyl sites for hydroxylation is 1. The van der Waals surface area contributed by atoms with E-state index < -0.39 is 0 Å². The molecule has 0 saturated heterocycles. The molecule has 9 heteroatoms. The number of azo groups is 1.